The van der Waals surface area contributed by atoms with Gasteiger partial charge in [0.05, 0.1) is 5.69 Å². The topological polar surface area (TPSA) is 12.9 Å². The first-order chi connectivity index (χ1) is 14.7. The van der Waals surface area contributed by atoms with Gasteiger partial charge in [0, 0.05) is 11.8 Å². The monoisotopic (exact) mass is 409 g/mol. The number of aromatic nitrogens is 1. The van der Waals surface area contributed by atoms with Crippen LogP contribution in [0.15, 0.2) is 36.5 Å². The van der Waals surface area contributed by atoms with Crippen LogP contribution in [0.4, 0.5) is 4.39 Å². The number of unbranched alkanes of at least 4 members (excludes halogenated alkanes) is 5. The second-order valence-corrected chi connectivity index (χ2v) is 9.32. The average molecular weight is 410 g/mol. The third-order valence-electron chi connectivity index (χ3n) is 6.95. The summed E-state index contributed by atoms with van der Waals surface area (Å²) < 4.78 is 14.7. The lowest BCUT2D eigenvalue weighted by Crippen LogP contribution is -2.13. The maximum absolute atomic E-state index is 14.7. The molecule has 0 saturated heterocycles. The summed E-state index contributed by atoms with van der Waals surface area (Å²) in [5.41, 5.74) is 3.80. The molecule has 0 bridgehead atoms. The van der Waals surface area contributed by atoms with E-state index in [4.69, 9.17) is 0 Å². The van der Waals surface area contributed by atoms with Gasteiger partial charge in [0.1, 0.15) is 5.82 Å². The number of halogens is 1. The molecule has 1 aliphatic rings. The van der Waals surface area contributed by atoms with Crippen LogP contribution in [0.5, 0.6) is 0 Å². The van der Waals surface area contributed by atoms with Gasteiger partial charge in [-0.05, 0) is 79.7 Å². The summed E-state index contributed by atoms with van der Waals surface area (Å²) in [4.78, 5) is 4.64. The minimum atomic E-state index is -0.146. The van der Waals surface area contributed by atoms with E-state index in [0.717, 1.165) is 30.0 Å². The SMILES string of the molecule is CCCCCC[C@H]1CC[C@H](c2ccc(-c3ccc(CCCCC)cc3F)nc2)CC1. The third kappa shape index (κ3) is 6.65. The summed E-state index contributed by atoms with van der Waals surface area (Å²) >= 11 is 0. The molecule has 0 unspecified atom stereocenters. The highest BCUT2D eigenvalue weighted by Crippen LogP contribution is 2.38. The summed E-state index contributed by atoms with van der Waals surface area (Å²) in [5.74, 6) is 1.41. The van der Waals surface area contributed by atoms with Gasteiger partial charge in [-0.1, -0.05) is 70.9 Å². The minimum Gasteiger partial charge on any atom is -0.256 e. The Morgan fingerprint density at radius 2 is 1.63 bits per heavy atom. The molecule has 0 radical (unpaired) electrons. The van der Waals surface area contributed by atoms with Crippen LogP contribution >= 0.6 is 0 Å². The Hall–Kier alpha value is -1.70. The van der Waals surface area contributed by atoms with Crippen molar-refractivity contribution in [2.75, 3.05) is 0 Å². The van der Waals surface area contributed by atoms with Crippen LogP contribution < -0.4 is 0 Å². The van der Waals surface area contributed by atoms with Crippen LogP contribution in [0.2, 0.25) is 0 Å². The van der Waals surface area contributed by atoms with Crippen molar-refractivity contribution in [2.45, 2.75) is 103 Å². The summed E-state index contributed by atoms with van der Waals surface area (Å²) in [5, 5.41) is 0. The first-order valence-corrected chi connectivity index (χ1v) is 12.5. The minimum absolute atomic E-state index is 0.146. The molecule has 2 aromatic rings. The molecule has 2 heteroatoms. The fourth-order valence-corrected chi connectivity index (χ4v) is 4.95. The van der Waals surface area contributed by atoms with Gasteiger partial charge in [0.15, 0.2) is 0 Å². The molecule has 1 nitrogen and oxygen atoms in total. The molecule has 1 aromatic heterocycles. The normalized spacial score (nSPS) is 19.2. The highest BCUT2D eigenvalue weighted by Gasteiger charge is 2.22. The standard InChI is InChI=1S/C28H40FN/c1-3-5-7-9-10-22-12-15-24(16-13-22)25-17-19-28(30-21-25)26-18-14-23(20-27(26)29)11-8-6-4-2/h14,17-22,24H,3-13,15-16H2,1-2H3/t22-,24-. The molecule has 0 spiro atoms. The van der Waals surface area contributed by atoms with Gasteiger partial charge in [-0.2, -0.15) is 0 Å². The molecule has 3 rings (SSSR count). The highest BCUT2D eigenvalue weighted by atomic mass is 19.1. The van der Waals surface area contributed by atoms with Crippen molar-refractivity contribution in [3.8, 4) is 11.3 Å². The van der Waals surface area contributed by atoms with Crippen LogP contribution in [-0.2, 0) is 6.42 Å². The van der Waals surface area contributed by atoms with Gasteiger partial charge < -0.3 is 0 Å². The molecule has 1 fully saturated rings. The molecule has 1 aromatic carbocycles. The molecule has 1 saturated carbocycles. The number of hydrogen-bond donors (Lipinski definition) is 0. The predicted octanol–water partition coefficient (Wildman–Crippen LogP) is 8.86. The van der Waals surface area contributed by atoms with Crippen LogP contribution in [0, 0.1) is 11.7 Å². The van der Waals surface area contributed by atoms with Gasteiger partial charge in [-0.15, -0.1) is 0 Å². The Morgan fingerprint density at radius 3 is 2.30 bits per heavy atom. The van der Waals surface area contributed by atoms with Gasteiger partial charge in [-0.25, -0.2) is 4.39 Å². The maximum Gasteiger partial charge on any atom is 0.132 e. The Labute approximate surface area is 183 Å². The second-order valence-electron chi connectivity index (χ2n) is 9.32. The fourth-order valence-electron chi connectivity index (χ4n) is 4.95. The van der Waals surface area contributed by atoms with Gasteiger partial charge in [0.2, 0.25) is 0 Å². The van der Waals surface area contributed by atoms with E-state index < -0.39 is 0 Å². The molecule has 0 N–H and O–H groups in total. The number of rotatable bonds is 11. The van der Waals surface area contributed by atoms with Crippen molar-refractivity contribution >= 4 is 0 Å². The zero-order valence-electron chi connectivity index (χ0n) is 19.1. The molecular formula is C28H40FN. The Balaban J connectivity index is 1.53. The lowest BCUT2D eigenvalue weighted by atomic mass is 9.77. The van der Waals surface area contributed by atoms with Gasteiger partial charge in [-0.3, -0.25) is 4.98 Å². The first kappa shape index (κ1) is 23.0. The molecule has 1 heterocycles. The van der Waals surface area contributed by atoms with E-state index in [1.807, 2.05) is 18.3 Å². The quantitative estimate of drug-likeness (QED) is 0.338. The molecular weight excluding hydrogens is 369 g/mol. The zero-order chi connectivity index (χ0) is 21.2. The maximum atomic E-state index is 14.7. The molecule has 30 heavy (non-hydrogen) atoms. The molecule has 164 valence electrons. The summed E-state index contributed by atoms with van der Waals surface area (Å²) in [6, 6.07) is 9.86. The molecule has 0 aliphatic heterocycles. The van der Waals surface area contributed by atoms with Crippen molar-refractivity contribution in [1.82, 2.24) is 4.98 Å². The summed E-state index contributed by atoms with van der Waals surface area (Å²) in [6.07, 6.45) is 18.7. The predicted molar refractivity (Wildman–Crippen MR) is 126 cm³/mol. The van der Waals surface area contributed by atoms with Gasteiger partial charge in [0.25, 0.3) is 0 Å². The van der Waals surface area contributed by atoms with Crippen molar-refractivity contribution in [3.63, 3.8) is 0 Å². The summed E-state index contributed by atoms with van der Waals surface area (Å²) in [6.45, 7) is 4.47. The Morgan fingerprint density at radius 1 is 0.867 bits per heavy atom. The Kier molecular flexibility index (Phi) is 9.36. The van der Waals surface area contributed by atoms with E-state index in [2.05, 4.69) is 31.0 Å². The van der Waals surface area contributed by atoms with Crippen molar-refractivity contribution in [2.24, 2.45) is 5.92 Å². The first-order valence-electron chi connectivity index (χ1n) is 12.5. The van der Waals surface area contributed by atoms with E-state index >= 15 is 0 Å². The molecule has 1 aliphatic carbocycles. The second kappa shape index (κ2) is 12.2. The van der Waals surface area contributed by atoms with Crippen LogP contribution in [-0.4, -0.2) is 4.98 Å². The van der Waals surface area contributed by atoms with Crippen molar-refractivity contribution < 1.29 is 4.39 Å². The summed E-state index contributed by atoms with van der Waals surface area (Å²) in [7, 11) is 0. The van der Waals surface area contributed by atoms with E-state index in [0.29, 0.717) is 11.5 Å². The lowest BCUT2D eigenvalue weighted by molar-refractivity contribution is 0.302. The molecule has 0 atom stereocenters. The highest BCUT2D eigenvalue weighted by molar-refractivity contribution is 5.60. The van der Waals surface area contributed by atoms with Crippen LogP contribution in [0.3, 0.4) is 0 Å². The van der Waals surface area contributed by atoms with Crippen molar-refractivity contribution in [1.29, 1.82) is 0 Å². The van der Waals surface area contributed by atoms with E-state index in [9.17, 15) is 4.39 Å². The lowest BCUT2D eigenvalue weighted by Gasteiger charge is -2.28. The molecule has 0 amide bonds. The Bertz CT molecular complexity index is 744. The van der Waals surface area contributed by atoms with Gasteiger partial charge >= 0.3 is 0 Å². The van der Waals surface area contributed by atoms with Crippen LogP contribution in [0.25, 0.3) is 11.3 Å². The van der Waals surface area contributed by atoms with E-state index in [1.54, 1.807) is 6.07 Å². The number of nitrogens with zero attached hydrogens (tertiary/aromatic N) is 1. The fraction of sp³-hybridized carbons (Fsp3) is 0.607. The zero-order valence-corrected chi connectivity index (χ0v) is 19.1. The average Bonchev–Trinajstić information content (AvgIpc) is 2.78. The van der Waals surface area contributed by atoms with Crippen molar-refractivity contribution in [3.05, 3.63) is 53.5 Å². The number of aryl methyl sites for hydroxylation is 1. The third-order valence-corrected chi connectivity index (χ3v) is 6.95. The van der Waals surface area contributed by atoms with E-state index in [1.165, 1.54) is 76.2 Å². The van der Waals surface area contributed by atoms with Crippen LogP contribution in [0.1, 0.15) is 108 Å². The smallest absolute Gasteiger partial charge is 0.132 e. The number of pyridine rings is 1. The van der Waals surface area contributed by atoms with E-state index in [-0.39, 0.29) is 5.82 Å². The largest absolute Gasteiger partial charge is 0.256 e. The number of benzene rings is 1. The number of hydrogen-bond acceptors (Lipinski definition) is 1.